The minimum Gasteiger partial charge on any atom is -0.481 e. The minimum absolute atomic E-state index is 0.0373. The van der Waals surface area contributed by atoms with Crippen LogP contribution in [0.4, 0.5) is 0 Å². The number of carboxylic acid groups (broad SMARTS) is 2. The van der Waals surface area contributed by atoms with Crippen molar-refractivity contribution < 1.29 is 34.1 Å². The van der Waals surface area contributed by atoms with Gasteiger partial charge in [-0.3, -0.25) is 14.4 Å². The quantitative estimate of drug-likeness (QED) is 0.136. The number of unbranched alkanes of at least 4 members (excludes halogenated alkanes) is 13. The van der Waals surface area contributed by atoms with Crippen LogP contribution in [0.25, 0.3) is 0 Å². The normalized spacial score (nSPS) is 11.7. The average Bonchev–Trinajstić information content (AvgIpc) is 2.81. The zero-order chi connectivity index (χ0) is 26.2. The van der Waals surface area contributed by atoms with E-state index in [0.29, 0.717) is 19.6 Å². The maximum Gasteiger partial charge on any atom is 0.326 e. The predicted molar refractivity (Wildman–Crippen MR) is 135 cm³/mol. The Morgan fingerprint density at radius 3 is 1.54 bits per heavy atom. The standard InChI is InChI=1S/C26H48N2O7/c1-35-21-20-27-23(29)19-18-22(26(33)34)28-24(30)16-14-12-10-8-6-4-2-3-5-7-9-11-13-15-17-25(31)32/h22H,2-21H2,1H3,(H,27,29)(H,28,30)(H,31,32)(H,33,34). The Balaban J connectivity index is 3.58. The number of methoxy groups -OCH3 is 1. The van der Waals surface area contributed by atoms with Crippen LogP contribution in [0.15, 0.2) is 0 Å². The number of ether oxygens (including phenoxy) is 1. The first-order valence-corrected chi connectivity index (χ1v) is 13.4. The number of carboxylic acids is 2. The van der Waals surface area contributed by atoms with Crippen molar-refractivity contribution in [2.24, 2.45) is 0 Å². The molecule has 0 aliphatic heterocycles. The molecule has 0 fully saturated rings. The predicted octanol–water partition coefficient (Wildman–Crippen LogP) is 4.42. The topological polar surface area (TPSA) is 142 Å². The summed E-state index contributed by atoms with van der Waals surface area (Å²) in [7, 11) is 1.53. The van der Waals surface area contributed by atoms with Gasteiger partial charge in [0.25, 0.3) is 0 Å². The highest BCUT2D eigenvalue weighted by molar-refractivity contribution is 5.84. The second-order valence-electron chi connectivity index (χ2n) is 9.18. The van der Waals surface area contributed by atoms with Gasteiger partial charge in [0, 0.05) is 32.9 Å². The summed E-state index contributed by atoms with van der Waals surface area (Å²) < 4.78 is 4.84. The minimum atomic E-state index is -1.13. The Morgan fingerprint density at radius 2 is 1.11 bits per heavy atom. The highest BCUT2D eigenvalue weighted by atomic mass is 16.5. The molecule has 0 saturated carbocycles. The van der Waals surface area contributed by atoms with E-state index in [2.05, 4.69) is 10.6 Å². The molecule has 0 heterocycles. The van der Waals surface area contributed by atoms with E-state index in [1.165, 1.54) is 52.1 Å². The highest BCUT2D eigenvalue weighted by Crippen LogP contribution is 2.14. The third-order valence-corrected chi connectivity index (χ3v) is 5.97. The third-order valence-electron chi connectivity index (χ3n) is 5.97. The fourth-order valence-corrected chi connectivity index (χ4v) is 3.86. The van der Waals surface area contributed by atoms with Gasteiger partial charge in [-0.05, 0) is 19.3 Å². The van der Waals surface area contributed by atoms with E-state index in [1.54, 1.807) is 0 Å². The van der Waals surface area contributed by atoms with Crippen molar-refractivity contribution in [2.75, 3.05) is 20.3 Å². The van der Waals surface area contributed by atoms with Gasteiger partial charge in [-0.25, -0.2) is 4.79 Å². The van der Waals surface area contributed by atoms with Crippen LogP contribution >= 0.6 is 0 Å². The molecule has 0 aromatic heterocycles. The summed E-state index contributed by atoms with van der Waals surface area (Å²) in [5.74, 6) is -2.36. The van der Waals surface area contributed by atoms with Crippen molar-refractivity contribution >= 4 is 23.8 Å². The van der Waals surface area contributed by atoms with Crippen LogP contribution in [0.5, 0.6) is 0 Å². The summed E-state index contributed by atoms with van der Waals surface area (Å²) in [4.78, 5) is 45.5. The lowest BCUT2D eigenvalue weighted by Gasteiger charge is -2.14. The molecule has 1 unspecified atom stereocenters. The van der Waals surface area contributed by atoms with Crippen molar-refractivity contribution in [1.82, 2.24) is 10.6 Å². The molecule has 0 bridgehead atoms. The lowest BCUT2D eigenvalue weighted by atomic mass is 10.0. The number of hydrogen-bond donors (Lipinski definition) is 4. The number of carbonyl (C=O) groups is 4. The van der Waals surface area contributed by atoms with Crippen LogP contribution in [0, 0.1) is 0 Å². The molecule has 0 radical (unpaired) electrons. The van der Waals surface area contributed by atoms with Gasteiger partial charge in [-0.15, -0.1) is 0 Å². The molecular weight excluding hydrogens is 452 g/mol. The highest BCUT2D eigenvalue weighted by Gasteiger charge is 2.20. The molecule has 4 N–H and O–H groups in total. The van der Waals surface area contributed by atoms with Gasteiger partial charge < -0.3 is 25.6 Å². The molecule has 1 atom stereocenters. The monoisotopic (exact) mass is 500 g/mol. The van der Waals surface area contributed by atoms with E-state index >= 15 is 0 Å². The zero-order valence-electron chi connectivity index (χ0n) is 21.7. The van der Waals surface area contributed by atoms with Crippen molar-refractivity contribution in [3.63, 3.8) is 0 Å². The molecule has 35 heavy (non-hydrogen) atoms. The molecule has 0 rings (SSSR count). The molecule has 0 aromatic rings. The molecule has 0 aliphatic carbocycles. The first kappa shape index (κ1) is 32.8. The van der Waals surface area contributed by atoms with Gasteiger partial charge in [0.2, 0.25) is 11.8 Å². The van der Waals surface area contributed by atoms with Crippen molar-refractivity contribution in [1.29, 1.82) is 0 Å². The second kappa shape index (κ2) is 23.6. The van der Waals surface area contributed by atoms with Gasteiger partial charge in [0.05, 0.1) is 6.61 Å². The number of aliphatic carboxylic acids is 2. The molecule has 9 nitrogen and oxygen atoms in total. The summed E-state index contributed by atoms with van der Waals surface area (Å²) in [5.41, 5.74) is 0. The zero-order valence-corrected chi connectivity index (χ0v) is 21.7. The Hall–Kier alpha value is -2.16. The van der Waals surface area contributed by atoms with E-state index in [4.69, 9.17) is 9.84 Å². The van der Waals surface area contributed by atoms with Crippen LogP contribution in [-0.2, 0) is 23.9 Å². The number of nitrogens with one attached hydrogen (secondary N) is 2. The van der Waals surface area contributed by atoms with Crippen LogP contribution in [0.3, 0.4) is 0 Å². The van der Waals surface area contributed by atoms with Gasteiger partial charge in [-0.2, -0.15) is 0 Å². The van der Waals surface area contributed by atoms with Gasteiger partial charge in [-0.1, -0.05) is 77.0 Å². The van der Waals surface area contributed by atoms with Crippen molar-refractivity contribution in [2.45, 2.75) is 122 Å². The third kappa shape index (κ3) is 23.4. The van der Waals surface area contributed by atoms with Crippen LogP contribution < -0.4 is 10.6 Å². The van der Waals surface area contributed by atoms with Crippen molar-refractivity contribution in [3.05, 3.63) is 0 Å². The molecule has 2 amide bonds. The van der Waals surface area contributed by atoms with Crippen LogP contribution in [0.2, 0.25) is 0 Å². The maximum atomic E-state index is 12.1. The SMILES string of the molecule is COCCNC(=O)CCC(NC(=O)CCCCCCCCCCCCCCCCC(=O)O)C(=O)O. The largest absolute Gasteiger partial charge is 0.481 e. The Bertz CT molecular complexity index is 584. The van der Waals surface area contributed by atoms with E-state index in [9.17, 15) is 24.3 Å². The lowest BCUT2D eigenvalue weighted by Crippen LogP contribution is -2.41. The summed E-state index contributed by atoms with van der Waals surface area (Å²) in [6, 6.07) is -1.05. The molecule has 0 spiro atoms. The fraction of sp³-hybridized carbons (Fsp3) is 0.846. The average molecular weight is 501 g/mol. The molecule has 0 aliphatic rings. The number of rotatable bonds is 25. The van der Waals surface area contributed by atoms with Crippen LogP contribution in [-0.4, -0.2) is 60.3 Å². The first-order chi connectivity index (χ1) is 16.9. The summed E-state index contributed by atoms with van der Waals surface area (Å²) in [5, 5.41) is 23.0. The van der Waals surface area contributed by atoms with E-state index in [1.807, 2.05) is 0 Å². The maximum absolute atomic E-state index is 12.1. The summed E-state index contributed by atoms with van der Waals surface area (Å²) >= 11 is 0. The Morgan fingerprint density at radius 1 is 0.657 bits per heavy atom. The van der Waals surface area contributed by atoms with Gasteiger partial charge in [0.15, 0.2) is 0 Å². The van der Waals surface area contributed by atoms with E-state index < -0.39 is 18.0 Å². The Labute approximate surface area is 210 Å². The fourth-order valence-electron chi connectivity index (χ4n) is 3.86. The molecule has 0 aromatic carbocycles. The van der Waals surface area contributed by atoms with Crippen LogP contribution in [0.1, 0.15) is 116 Å². The molecule has 9 heteroatoms. The van der Waals surface area contributed by atoms with Gasteiger partial charge >= 0.3 is 11.9 Å². The Kier molecular flexibility index (Phi) is 22.1. The lowest BCUT2D eigenvalue weighted by molar-refractivity contribution is -0.142. The number of amides is 2. The first-order valence-electron chi connectivity index (χ1n) is 13.4. The van der Waals surface area contributed by atoms with E-state index in [-0.39, 0.29) is 31.1 Å². The summed E-state index contributed by atoms with van der Waals surface area (Å²) in [6.07, 6.45) is 16.2. The molecule has 0 saturated heterocycles. The number of carbonyl (C=O) groups excluding carboxylic acids is 2. The van der Waals surface area contributed by atoms with Crippen molar-refractivity contribution in [3.8, 4) is 0 Å². The number of hydrogen-bond acceptors (Lipinski definition) is 5. The van der Waals surface area contributed by atoms with E-state index in [0.717, 1.165) is 44.9 Å². The summed E-state index contributed by atoms with van der Waals surface area (Å²) in [6.45, 7) is 0.767. The smallest absolute Gasteiger partial charge is 0.326 e. The van der Waals surface area contributed by atoms with Gasteiger partial charge in [0.1, 0.15) is 6.04 Å². The molecule has 204 valence electrons. The molecular formula is C26H48N2O7. The second-order valence-corrected chi connectivity index (χ2v) is 9.18.